The first kappa shape index (κ1) is 29.3. The summed E-state index contributed by atoms with van der Waals surface area (Å²) in [5, 5.41) is 3.71. The van der Waals surface area contributed by atoms with Crippen molar-refractivity contribution < 1.29 is 32.2 Å². The predicted molar refractivity (Wildman–Crippen MR) is 144 cm³/mol. The molecule has 0 bridgehead atoms. The van der Waals surface area contributed by atoms with Crippen LogP contribution >= 0.6 is 0 Å². The zero-order valence-corrected chi connectivity index (χ0v) is 23.3. The highest BCUT2D eigenvalue weighted by atomic mass is 19.4. The summed E-state index contributed by atoms with van der Waals surface area (Å²) < 4.78 is 53.1. The van der Waals surface area contributed by atoms with Crippen LogP contribution in [0.1, 0.15) is 61.1 Å². The first-order valence-corrected chi connectivity index (χ1v) is 14.2. The number of rotatable bonds is 6. The molecule has 1 amide bonds. The normalized spacial score (nSPS) is 27.2. The van der Waals surface area contributed by atoms with Crippen molar-refractivity contribution in [1.82, 2.24) is 14.8 Å². The fourth-order valence-electron chi connectivity index (χ4n) is 6.48. The second kappa shape index (κ2) is 11.6. The van der Waals surface area contributed by atoms with Crippen LogP contribution in [0.2, 0.25) is 0 Å². The highest BCUT2D eigenvalue weighted by Gasteiger charge is 2.53. The van der Waals surface area contributed by atoms with Gasteiger partial charge in [-0.2, -0.15) is 13.2 Å². The summed E-state index contributed by atoms with van der Waals surface area (Å²) in [5.74, 6) is -0.501. The van der Waals surface area contributed by atoms with Gasteiger partial charge in [0.2, 0.25) is 5.91 Å². The zero-order valence-electron chi connectivity index (χ0n) is 23.3. The molecule has 41 heavy (non-hydrogen) atoms. The van der Waals surface area contributed by atoms with Crippen molar-refractivity contribution in [2.24, 2.45) is 11.3 Å². The second-order valence-corrected chi connectivity index (χ2v) is 11.6. The van der Waals surface area contributed by atoms with E-state index in [1.807, 2.05) is 0 Å². The maximum Gasteiger partial charge on any atom is 0.416 e. The molecule has 1 saturated heterocycles. The molecule has 1 aromatic heterocycles. The standard InChI is InChI=1S/C30H36F3N3O5/c1-19-18-40-13-9-25(19)34-23-8-10-29(16-23,20(2)41-27(38)21-6-4-3-5-7-21)28(39)35-11-12-36-24(17-35)14-22(15-26(36)37)30(31,32)33/h3-7,14-15,19-20,23,25,34H,8-13,16-18H2,1-2H3/t19-,20?,23-,25?,29+/m1/s1. The molecule has 3 heterocycles. The molecule has 1 saturated carbocycles. The van der Waals surface area contributed by atoms with Crippen molar-refractivity contribution in [1.29, 1.82) is 0 Å². The lowest BCUT2D eigenvalue weighted by Crippen LogP contribution is -2.53. The number of amides is 1. The molecule has 5 rings (SSSR count). The van der Waals surface area contributed by atoms with Gasteiger partial charge in [0.05, 0.1) is 29.7 Å². The SMILES string of the molecule is CC(OC(=O)c1ccccc1)[C@]1(C(=O)N2CCn3c(cc(C(F)(F)F)cc3=O)C2)CC[C@@H](NC2CCOC[C@H]2C)C1. The highest BCUT2D eigenvalue weighted by molar-refractivity contribution is 5.90. The molecule has 0 spiro atoms. The van der Waals surface area contributed by atoms with E-state index in [2.05, 4.69) is 12.2 Å². The average molecular weight is 576 g/mol. The van der Waals surface area contributed by atoms with Gasteiger partial charge in [-0.15, -0.1) is 0 Å². The summed E-state index contributed by atoms with van der Waals surface area (Å²) >= 11 is 0. The first-order valence-electron chi connectivity index (χ1n) is 14.2. The van der Waals surface area contributed by atoms with Crippen LogP contribution in [-0.2, 0) is 33.5 Å². The average Bonchev–Trinajstić information content (AvgIpc) is 3.38. The van der Waals surface area contributed by atoms with E-state index in [4.69, 9.17) is 9.47 Å². The fourth-order valence-corrected chi connectivity index (χ4v) is 6.48. The van der Waals surface area contributed by atoms with Gasteiger partial charge in [-0.1, -0.05) is 25.1 Å². The molecule has 2 fully saturated rings. The molecular formula is C30H36F3N3O5. The van der Waals surface area contributed by atoms with Gasteiger partial charge in [0, 0.05) is 43.5 Å². The van der Waals surface area contributed by atoms with E-state index < -0.39 is 34.8 Å². The van der Waals surface area contributed by atoms with Gasteiger partial charge in [-0.25, -0.2) is 4.79 Å². The minimum absolute atomic E-state index is 0.00101. The van der Waals surface area contributed by atoms with E-state index in [9.17, 15) is 27.6 Å². The van der Waals surface area contributed by atoms with E-state index in [-0.39, 0.29) is 43.3 Å². The van der Waals surface area contributed by atoms with E-state index in [1.54, 1.807) is 37.3 Å². The van der Waals surface area contributed by atoms with Crippen LogP contribution in [0.25, 0.3) is 0 Å². The number of aromatic nitrogens is 1. The number of alkyl halides is 3. The monoisotopic (exact) mass is 575 g/mol. The van der Waals surface area contributed by atoms with Gasteiger partial charge in [-0.3, -0.25) is 9.59 Å². The van der Waals surface area contributed by atoms with E-state index in [1.165, 1.54) is 9.47 Å². The number of hydrogen-bond acceptors (Lipinski definition) is 6. The van der Waals surface area contributed by atoms with Gasteiger partial charge in [0.25, 0.3) is 5.56 Å². The number of nitrogens with one attached hydrogen (secondary N) is 1. The quantitative estimate of drug-likeness (QED) is 0.524. The highest BCUT2D eigenvalue weighted by Crippen LogP contribution is 2.45. The minimum Gasteiger partial charge on any atom is -0.458 e. The molecule has 0 radical (unpaired) electrons. The summed E-state index contributed by atoms with van der Waals surface area (Å²) in [4.78, 5) is 41.3. The fraction of sp³-hybridized carbons (Fsp3) is 0.567. The van der Waals surface area contributed by atoms with E-state index in [0.29, 0.717) is 50.0 Å². The van der Waals surface area contributed by atoms with Crippen LogP contribution in [0.15, 0.2) is 47.3 Å². The number of carbonyl (C=O) groups is 2. The maximum absolute atomic E-state index is 14.3. The Balaban J connectivity index is 1.41. The smallest absolute Gasteiger partial charge is 0.416 e. The Labute approximate surface area is 236 Å². The number of hydrogen-bond donors (Lipinski definition) is 1. The third-order valence-electron chi connectivity index (χ3n) is 8.91. The summed E-state index contributed by atoms with van der Waals surface area (Å²) in [7, 11) is 0. The molecule has 2 unspecified atom stereocenters. The molecule has 2 aromatic rings. The summed E-state index contributed by atoms with van der Waals surface area (Å²) in [6.45, 7) is 5.30. The summed E-state index contributed by atoms with van der Waals surface area (Å²) in [6, 6.07) is 10.3. The van der Waals surface area contributed by atoms with Crippen LogP contribution in [0, 0.1) is 11.3 Å². The van der Waals surface area contributed by atoms with Crippen LogP contribution in [0.3, 0.4) is 0 Å². The Morgan fingerprint density at radius 2 is 1.90 bits per heavy atom. The third kappa shape index (κ3) is 6.06. The largest absolute Gasteiger partial charge is 0.458 e. The molecule has 1 aromatic carbocycles. The molecule has 3 aliphatic rings. The van der Waals surface area contributed by atoms with Crippen molar-refractivity contribution >= 4 is 11.9 Å². The molecule has 2 aliphatic heterocycles. The molecule has 1 aliphatic carbocycles. The Morgan fingerprint density at radius 1 is 1.15 bits per heavy atom. The lowest BCUT2D eigenvalue weighted by atomic mass is 9.78. The van der Waals surface area contributed by atoms with Gasteiger partial charge in [-0.05, 0) is 56.7 Å². The second-order valence-electron chi connectivity index (χ2n) is 11.6. The van der Waals surface area contributed by atoms with E-state index >= 15 is 0 Å². The topological polar surface area (TPSA) is 89.9 Å². The lowest BCUT2D eigenvalue weighted by Gasteiger charge is -2.40. The van der Waals surface area contributed by atoms with Crippen LogP contribution in [0.4, 0.5) is 13.2 Å². The van der Waals surface area contributed by atoms with Crippen molar-refractivity contribution in [2.75, 3.05) is 19.8 Å². The molecule has 5 atom stereocenters. The Hall–Kier alpha value is -3.18. The van der Waals surface area contributed by atoms with Gasteiger partial charge in [0.15, 0.2) is 0 Å². The zero-order chi connectivity index (χ0) is 29.4. The molecule has 11 heteroatoms. The number of carbonyl (C=O) groups excluding carboxylic acids is 2. The Morgan fingerprint density at radius 3 is 2.61 bits per heavy atom. The maximum atomic E-state index is 14.3. The van der Waals surface area contributed by atoms with Gasteiger partial charge in [0.1, 0.15) is 6.10 Å². The lowest BCUT2D eigenvalue weighted by molar-refractivity contribution is -0.150. The first-order chi connectivity index (χ1) is 19.5. The summed E-state index contributed by atoms with van der Waals surface area (Å²) in [6.07, 6.45) is -3.04. The van der Waals surface area contributed by atoms with Gasteiger partial charge >= 0.3 is 12.1 Å². The van der Waals surface area contributed by atoms with E-state index in [0.717, 1.165) is 12.5 Å². The molecule has 1 N–H and O–H groups in total. The molecular weight excluding hydrogens is 539 g/mol. The molecule has 222 valence electrons. The number of nitrogens with zero attached hydrogens (tertiary/aromatic N) is 2. The number of benzene rings is 1. The molecule has 8 nitrogen and oxygen atoms in total. The number of ether oxygens (including phenoxy) is 2. The summed E-state index contributed by atoms with van der Waals surface area (Å²) in [5.41, 5.74) is -2.33. The number of esters is 1. The van der Waals surface area contributed by atoms with Crippen LogP contribution in [0.5, 0.6) is 0 Å². The minimum atomic E-state index is -4.67. The van der Waals surface area contributed by atoms with Crippen molar-refractivity contribution in [3.8, 4) is 0 Å². The number of fused-ring (bicyclic) bond motifs is 1. The third-order valence-corrected chi connectivity index (χ3v) is 8.91. The van der Waals surface area contributed by atoms with Crippen LogP contribution in [-0.4, -0.2) is 59.3 Å². The van der Waals surface area contributed by atoms with Crippen molar-refractivity contribution in [3.63, 3.8) is 0 Å². The van der Waals surface area contributed by atoms with Crippen molar-refractivity contribution in [2.45, 2.75) is 77.0 Å². The Bertz CT molecular complexity index is 1330. The predicted octanol–water partition coefficient (Wildman–Crippen LogP) is 4.01. The van der Waals surface area contributed by atoms with Crippen LogP contribution < -0.4 is 10.9 Å². The number of pyridine rings is 1. The number of halogens is 3. The van der Waals surface area contributed by atoms with Crippen molar-refractivity contribution in [3.05, 3.63) is 69.6 Å². The van der Waals surface area contributed by atoms with Gasteiger partial charge < -0.3 is 24.3 Å². The Kier molecular flexibility index (Phi) is 8.29.